The van der Waals surface area contributed by atoms with E-state index < -0.39 is 0 Å². The number of hydrogen-bond donors (Lipinski definition) is 2. The zero-order valence-corrected chi connectivity index (χ0v) is 14.6. The minimum Gasteiger partial charge on any atom is -0.379 e. The molecule has 3 rings (SSSR count). The molecule has 2 aromatic rings. The van der Waals surface area contributed by atoms with Crippen molar-refractivity contribution >= 4 is 5.96 Å². The summed E-state index contributed by atoms with van der Waals surface area (Å²) in [4.78, 5) is 15.1. The van der Waals surface area contributed by atoms with Gasteiger partial charge in [-0.15, -0.1) is 0 Å². The van der Waals surface area contributed by atoms with E-state index in [2.05, 4.69) is 30.5 Å². The highest BCUT2D eigenvalue weighted by Gasteiger charge is 2.09. The van der Waals surface area contributed by atoms with Crippen LogP contribution in [0.3, 0.4) is 0 Å². The fourth-order valence-electron chi connectivity index (χ4n) is 2.67. The summed E-state index contributed by atoms with van der Waals surface area (Å²) in [5.41, 5.74) is 1.13. The molecule has 0 amide bonds. The first-order valence-corrected chi connectivity index (χ1v) is 8.53. The van der Waals surface area contributed by atoms with Gasteiger partial charge in [-0.1, -0.05) is 0 Å². The number of aliphatic imine (C=N–C) groups is 1. The van der Waals surface area contributed by atoms with Gasteiger partial charge in [0.1, 0.15) is 12.1 Å². The third-order valence-corrected chi connectivity index (χ3v) is 4.09. The average Bonchev–Trinajstić information content (AvgIpc) is 3.20. The van der Waals surface area contributed by atoms with Crippen LogP contribution in [0, 0.1) is 0 Å². The standard InChI is InChI=1S/C17H25N7O/c1-18-17(21-5-6-23-8-10-25-11-9-23)22-13-15-2-3-20-16(12-15)24-7-4-19-14-24/h2-4,7,12,14H,5-6,8-11,13H2,1H3,(H2,18,21,22). The predicted octanol–water partition coefficient (Wildman–Crippen LogP) is 0.265. The highest BCUT2D eigenvalue weighted by molar-refractivity contribution is 5.79. The molecular weight excluding hydrogens is 318 g/mol. The van der Waals surface area contributed by atoms with Gasteiger partial charge in [0.2, 0.25) is 0 Å². The quantitative estimate of drug-likeness (QED) is 0.579. The lowest BCUT2D eigenvalue weighted by atomic mass is 10.2. The Bertz CT molecular complexity index is 665. The van der Waals surface area contributed by atoms with Crippen molar-refractivity contribution in [3.63, 3.8) is 0 Å². The highest BCUT2D eigenvalue weighted by atomic mass is 16.5. The lowest BCUT2D eigenvalue weighted by Gasteiger charge is -2.26. The van der Waals surface area contributed by atoms with Crippen LogP contribution < -0.4 is 10.6 Å². The smallest absolute Gasteiger partial charge is 0.191 e. The second kappa shape index (κ2) is 9.14. The molecule has 8 heteroatoms. The Kier molecular flexibility index (Phi) is 6.35. The summed E-state index contributed by atoms with van der Waals surface area (Å²) in [5, 5.41) is 6.69. The average molecular weight is 343 g/mol. The minimum absolute atomic E-state index is 0.682. The molecule has 0 spiro atoms. The molecule has 0 bridgehead atoms. The first-order valence-electron chi connectivity index (χ1n) is 8.53. The van der Waals surface area contributed by atoms with Crippen LogP contribution in [0.2, 0.25) is 0 Å². The maximum absolute atomic E-state index is 5.36. The number of imidazole rings is 1. The van der Waals surface area contributed by atoms with Gasteiger partial charge in [0.05, 0.1) is 13.2 Å². The topological polar surface area (TPSA) is 79.6 Å². The van der Waals surface area contributed by atoms with Crippen molar-refractivity contribution in [1.82, 2.24) is 30.1 Å². The Morgan fingerprint density at radius 1 is 1.28 bits per heavy atom. The van der Waals surface area contributed by atoms with E-state index in [0.717, 1.165) is 56.7 Å². The number of morpholine rings is 1. The van der Waals surface area contributed by atoms with Gasteiger partial charge in [0.15, 0.2) is 5.96 Å². The zero-order valence-electron chi connectivity index (χ0n) is 14.6. The molecule has 8 nitrogen and oxygen atoms in total. The molecule has 134 valence electrons. The molecular formula is C17H25N7O. The first-order chi connectivity index (χ1) is 12.3. The predicted molar refractivity (Wildman–Crippen MR) is 96.8 cm³/mol. The Morgan fingerprint density at radius 3 is 2.92 bits per heavy atom. The van der Waals surface area contributed by atoms with Crippen molar-refractivity contribution in [3.8, 4) is 5.82 Å². The Hall–Kier alpha value is -2.45. The molecule has 0 unspecified atom stereocenters. The Morgan fingerprint density at radius 2 is 2.16 bits per heavy atom. The molecule has 1 saturated heterocycles. The van der Waals surface area contributed by atoms with E-state index in [1.807, 2.05) is 22.9 Å². The van der Waals surface area contributed by atoms with E-state index >= 15 is 0 Å². The summed E-state index contributed by atoms with van der Waals surface area (Å²) in [6, 6.07) is 4.03. The van der Waals surface area contributed by atoms with Crippen LogP contribution in [-0.4, -0.2) is 71.8 Å². The van der Waals surface area contributed by atoms with Gasteiger partial charge in [0.25, 0.3) is 0 Å². The maximum Gasteiger partial charge on any atom is 0.191 e. The monoisotopic (exact) mass is 343 g/mol. The Labute approximate surface area is 147 Å². The van der Waals surface area contributed by atoms with Crippen LogP contribution >= 0.6 is 0 Å². The van der Waals surface area contributed by atoms with Crippen molar-refractivity contribution in [2.45, 2.75) is 6.54 Å². The summed E-state index contributed by atoms with van der Waals surface area (Å²) in [6.45, 7) is 6.19. The summed E-state index contributed by atoms with van der Waals surface area (Å²) in [5.74, 6) is 1.65. The molecule has 0 aliphatic carbocycles. The minimum atomic E-state index is 0.682. The Balaban J connectivity index is 1.45. The molecule has 1 aliphatic heterocycles. The lowest BCUT2D eigenvalue weighted by Crippen LogP contribution is -2.44. The lowest BCUT2D eigenvalue weighted by molar-refractivity contribution is 0.0389. The molecule has 2 aromatic heterocycles. The van der Waals surface area contributed by atoms with Gasteiger partial charge in [-0.05, 0) is 17.7 Å². The molecule has 1 aliphatic rings. The number of ether oxygens (including phenoxy) is 1. The maximum atomic E-state index is 5.36. The SMILES string of the molecule is CN=C(NCCN1CCOCC1)NCc1ccnc(-n2ccnc2)c1. The van der Waals surface area contributed by atoms with Gasteiger partial charge in [-0.3, -0.25) is 14.5 Å². The molecule has 25 heavy (non-hydrogen) atoms. The van der Waals surface area contributed by atoms with Crippen LogP contribution in [0.4, 0.5) is 0 Å². The van der Waals surface area contributed by atoms with Crippen molar-refractivity contribution < 1.29 is 4.74 Å². The molecule has 0 atom stereocenters. The number of nitrogens with one attached hydrogen (secondary N) is 2. The second-order valence-electron chi connectivity index (χ2n) is 5.80. The molecule has 0 aromatic carbocycles. The molecule has 0 saturated carbocycles. The summed E-state index contributed by atoms with van der Waals surface area (Å²) in [7, 11) is 1.79. The number of hydrogen-bond acceptors (Lipinski definition) is 5. The van der Waals surface area contributed by atoms with Crippen LogP contribution in [0.5, 0.6) is 0 Å². The van der Waals surface area contributed by atoms with E-state index in [0.29, 0.717) is 6.54 Å². The number of nitrogens with zero attached hydrogens (tertiary/aromatic N) is 5. The van der Waals surface area contributed by atoms with Crippen molar-refractivity contribution in [2.24, 2.45) is 4.99 Å². The van der Waals surface area contributed by atoms with E-state index in [1.54, 1.807) is 25.8 Å². The fourth-order valence-corrected chi connectivity index (χ4v) is 2.67. The van der Waals surface area contributed by atoms with Gasteiger partial charge in [-0.25, -0.2) is 9.97 Å². The zero-order chi connectivity index (χ0) is 17.3. The fraction of sp³-hybridized carbons (Fsp3) is 0.471. The van der Waals surface area contributed by atoms with Gasteiger partial charge in [-0.2, -0.15) is 0 Å². The van der Waals surface area contributed by atoms with Gasteiger partial charge in [0, 0.05) is 58.4 Å². The van der Waals surface area contributed by atoms with Gasteiger partial charge < -0.3 is 15.4 Å². The van der Waals surface area contributed by atoms with Crippen LogP contribution in [0.25, 0.3) is 5.82 Å². The van der Waals surface area contributed by atoms with E-state index in [1.165, 1.54) is 0 Å². The summed E-state index contributed by atoms with van der Waals surface area (Å²) in [6.07, 6.45) is 7.17. The van der Waals surface area contributed by atoms with E-state index in [4.69, 9.17) is 4.74 Å². The number of aromatic nitrogens is 3. The van der Waals surface area contributed by atoms with Crippen molar-refractivity contribution in [2.75, 3.05) is 46.4 Å². The number of pyridine rings is 1. The second-order valence-corrected chi connectivity index (χ2v) is 5.80. The van der Waals surface area contributed by atoms with E-state index in [-0.39, 0.29) is 0 Å². The van der Waals surface area contributed by atoms with Gasteiger partial charge >= 0.3 is 0 Å². The number of rotatable bonds is 6. The molecule has 2 N–H and O–H groups in total. The van der Waals surface area contributed by atoms with Crippen LogP contribution in [-0.2, 0) is 11.3 Å². The van der Waals surface area contributed by atoms with Crippen molar-refractivity contribution in [1.29, 1.82) is 0 Å². The molecule has 3 heterocycles. The van der Waals surface area contributed by atoms with Crippen LogP contribution in [0.1, 0.15) is 5.56 Å². The summed E-state index contributed by atoms with van der Waals surface area (Å²) < 4.78 is 7.25. The highest BCUT2D eigenvalue weighted by Crippen LogP contribution is 2.06. The number of guanidine groups is 1. The normalized spacial score (nSPS) is 16.0. The summed E-state index contributed by atoms with van der Waals surface area (Å²) >= 11 is 0. The van der Waals surface area contributed by atoms with Crippen molar-refractivity contribution in [3.05, 3.63) is 42.6 Å². The molecule has 1 fully saturated rings. The largest absolute Gasteiger partial charge is 0.379 e. The first kappa shape index (κ1) is 17.4. The van der Waals surface area contributed by atoms with E-state index in [9.17, 15) is 0 Å². The third kappa shape index (κ3) is 5.27. The molecule has 0 radical (unpaired) electrons. The third-order valence-electron chi connectivity index (χ3n) is 4.09. The van der Waals surface area contributed by atoms with Crippen LogP contribution in [0.15, 0.2) is 42.0 Å².